The normalized spacial score (nSPS) is 10.4. The van der Waals surface area contributed by atoms with Gasteiger partial charge in [0.1, 0.15) is 5.75 Å². The maximum absolute atomic E-state index is 11.5. The minimum Gasteiger partial charge on any atom is -0.484 e. The number of benzene rings is 1. The monoisotopic (exact) mass is 250 g/mol. The summed E-state index contributed by atoms with van der Waals surface area (Å²) in [6.45, 7) is 3.70. The number of hydrogen-bond donors (Lipinski definition) is 1. The molecule has 0 aromatic heterocycles. The van der Waals surface area contributed by atoms with Gasteiger partial charge in [-0.15, -0.1) is 0 Å². The van der Waals surface area contributed by atoms with Gasteiger partial charge in [0.15, 0.2) is 6.61 Å². The van der Waals surface area contributed by atoms with Crippen LogP contribution in [-0.2, 0) is 4.79 Å². The largest absolute Gasteiger partial charge is 0.484 e. The Kier molecular flexibility index (Phi) is 6.22. The van der Waals surface area contributed by atoms with E-state index in [-0.39, 0.29) is 12.5 Å². The molecule has 0 bridgehead atoms. The molecule has 100 valence electrons. The number of nitrogens with zero attached hydrogens (tertiary/aromatic N) is 1. The van der Waals surface area contributed by atoms with Crippen LogP contribution in [0.25, 0.3) is 0 Å². The van der Waals surface area contributed by atoms with Crippen LogP contribution < -0.4 is 10.1 Å². The van der Waals surface area contributed by atoms with E-state index in [0.29, 0.717) is 6.54 Å². The van der Waals surface area contributed by atoms with Gasteiger partial charge in [0.25, 0.3) is 5.91 Å². The number of aryl methyl sites for hydroxylation is 1. The lowest BCUT2D eigenvalue weighted by Crippen LogP contribution is -2.31. The second kappa shape index (κ2) is 7.71. The number of carbonyl (C=O) groups is 1. The summed E-state index contributed by atoms with van der Waals surface area (Å²) in [5.74, 6) is 0.693. The molecule has 0 radical (unpaired) electrons. The second-order valence-corrected chi connectivity index (χ2v) is 4.56. The first-order valence-electron chi connectivity index (χ1n) is 6.19. The molecule has 4 nitrogen and oxygen atoms in total. The highest BCUT2D eigenvalue weighted by Gasteiger charge is 2.03. The molecule has 0 saturated heterocycles. The van der Waals surface area contributed by atoms with Crippen LogP contribution in [0, 0.1) is 6.92 Å². The Morgan fingerprint density at radius 1 is 1.33 bits per heavy atom. The summed E-state index contributed by atoms with van der Waals surface area (Å²) in [5, 5.41) is 2.84. The summed E-state index contributed by atoms with van der Waals surface area (Å²) in [7, 11) is 4.03. The van der Waals surface area contributed by atoms with E-state index in [2.05, 4.69) is 10.2 Å². The van der Waals surface area contributed by atoms with Gasteiger partial charge in [0.05, 0.1) is 0 Å². The van der Waals surface area contributed by atoms with Crippen molar-refractivity contribution in [2.75, 3.05) is 33.8 Å². The Morgan fingerprint density at radius 2 is 2.06 bits per heavy atom. The van der Waals surface area contributed by atoms with E-state index >= 15 is 0 Å². The lowest BCUT2D eigenvalue weighted by atomic mass is 10.2. The predicted molar refractivity (Wildman–Crippen MR) is 72.9 cm³/mol. The number of rotatable bonds is 7. The van der Waals surface area contributed by atoms with Gasteiger partial charge in [-0.3, -0.25) is 4.79 Å². The summed E-state index contributed by atoms with van der Waals surface area (Å²) < 4.78 is 5.45. The van der Waals surface area contributed by atoms with Crippen LogP contribution in [-0.4, -0.2) is 44.6 Å². The fraction of sp³-hybridized carbons (Fsp3) is 0.500. The molecule has 0 heterocycles. The van der Waals surface area contributed by atoms with Crippen molar-refractivity contribution in [3.63, 3.8) is 0 Å². The zero-order valence-electron chi connectivity index (χ0n) is 11.4. The molecule has 1 amide bonds. The van der Waals surface area contributed by atoms with Crippen LogP contribution in [0.5, 0.6) is 5.75 Å². The highest BCUT2D eigenvalue weighted by Crippen LogP contribution is 2.15. The molecule has 1 rings (SSSR count). The van der Waals surface area contributed by atoms with E-state index < -0.39 is 0 Å². The molecule has 0 atom stereocenters. The molecular formula is C14H22N2O2. The van der Waals surface area contributed by atoms with Crippen LogP contribution in [0.2, 0.25) is 0 Å². The molecule has 1 aromatic rings. The van der Waals surface area contributed by atoms with Gasteiger partial charge in [-0.1, -0.05) is 18.2 Å². The Hall–Kier alpha value is -1.55. The van der Waals surface area contributed by atoms with Crippen LogP contribution in [0.15, 0.2) is 24.3 Å². The van der Waals surface area contributed by atoms with Crippen LogP contribution >= 0.6 is 0 Å². The average Bonchev–Trinajstić information content (AvgIpc) is 2.33. The van der Waals surface area contributed by atoms with Gasteiger partial charge < -0.3 is 15.0 Å². The van der Waals surface area contributed by atoms with Crippen LogP contribution in [0.4, 0.5) is 0 Å². The summed E-state index contributed by atoms with van der Waals surface area (Å²) in [6, 6.07) is 7.68. The van der Waals surface area contributed by atoms with Gasteiger partial charge in [0, 0.05) is 6.54 Å². The number of ether oxygens (including phenoxy) is 1. The standard InChI is InChI=1S/C14H22N2O2/c1-12-7-4-5-8-13(12)18-11-14(17)15-9-6-10-16(2)3/h4-5,7-8H,6,9-11H2,1-3H3,(H,15,17). The van der Waals surface area contributed by atoms with Crippen molar-refractivity contribution in [3.8, 4) is 5.75 Å². The minimum atomic E-state index is -0.0722. The summed E-state index contributed by atoms with van der Waals surface area (Å²) >= 11 is 0. The maximum atomic E-state index is 11.5. The van der Waals surface area contributed by atoms with E-state index in [1.807, 2.05) is 45.3 Å². The predicted octanol–water partition coefficient (Wildman–Crippen LogP) is 1.44. The first kappa shape index (κ1) is 14.5. The van der Waals surface area contributed by atoms with Crippen LogP contribution in [0.1, 0.15) is 12.0 Å². The molecule has 18 heavy (non-hydrogen) atoms. The summed E-state index contributed by atoms with van der Waals surface area (Å²) in [6.07, 6.45) is 0.948. The number of hydrogen-bond acceptors (Lipinski definition) is 3. The molecule has 0 aliphatic rings. The van der Waals surface area contributed by atoms with E-state index in [4.69, 9.17) is 4.74 Å². The molecule has 0 aliphatic heterocycles. The van der Waals surface area contributed by atoms with E-state index in [1.54, 1.807) is 0 Å². The number of amides is 1. The van der Waals surface area contributed by atoms with Gasteiger partial charge >= 0.3 is 0 Å². The van der Waals surface area contributed by atoms with Gasteiger partial charge in [-0.2, -0.15) is 0 Å². The van der Waals surface area contributed by atoms with Crippen molar-refractivity contribution in [2.24, 2.45) is 0 Å². The number of nitrogens with one attached hydrogen (secondary N) is 1. The third kappa shape index (κ3) is 5.68. The molecule has 1 N–H and O–H groups in total. The number of para-hydroxylation sites is 1. The van der Waals surface area contributed by atoms with Crippen molar-refractivity contribution < 1.29 is 9.53 Å². The van der Waals surface area contributed by atoms with Crippen LogP contribution in [0.3, 0.4) is 0 Å². The zero-order chi connectivity index (χ0) is 13.4. The Balaban J connectivity index is 2.19. The van der Waals surface area contributed by atoms with Crippen molar-refractivity contribution in [3.05, 3.63) is 29.8 Å². The molecule has 4 heteroatoms. The fourth-order valence-corrected chi connectivity index (χ4v) is 1.54. The number of carbonyl (C=O) groups excluding carboxylic acids is 1. The molecule has 0 spiro atoms. The maximum Gasteiger partial charge on any atom is 0.257 e. The van der Waals surface area contributed by atoms with E-state index in [0.717, 1.165) is 24.3 Å². The topological polar surface area (TPSA) is 41.6 Å². The summed E-state index contributed by atoms with van der Waals surface area (Å²) in [4.78, 5) is 13.6. The molecule has 0 fully saturated rings. The minimum absolute atomic E-state index is 0.0722. The lowest BCUT2D eigenvalue weighted by Gasteiger charge is -2.11. The van der Waals surface area contributed by atoms with Gasteiger partial charge in [0.2, 0.25) is 0 Å². The van der Waals surface area contributed by atoms with E-state index in [1.165, 1.54) is 0 Å². The summed E-state index contributed by atoms with van der Waals surface area (Å²) in [5.41, 5.74) is 1.04. The molecule has 0 aliphatic carbocycles. The first-order chi connectivity index (χ1) is 8.59. The molecule has 0 saturated carbocycles. The molecule has 0 unspecified atom stereocenters. The van der Waals surface area contributed by atoms with Crippen molar-refractivity contribution >= 4 is 5.91 Å². The Bertz CT molecular complexity index is 378. The fourth-order valence-electron chi connectivity index (χ4n) is 1.54. The molecular weight excluding hydrogens is 228 g/mol. The smallest absolute Gasteiger partial charge is 0.257 e. The van der Waals surface area contributed by atoms with Gasteiger partial charge in [-0.25, -0.2) is 0 Å². The Morgan fingerprint density at radius 3 is 2.72 bits per heavy atom. The van der Waals surface area contributed by atoms with Crippen molar-refractivity contribution in [1.82, 2.24) is 10.2 Å². The average molecular weight is 250 g/mol. The van der Waals surface area contributed by atoms with E-state index in [9.17, 15) is 4.79 Å². The second-order valence-electron chi connectivity index (χ2n) is 4.56. The Labute approximate surface area is 109 Å². The van der Waals surface area contributed by atoms with Gasteiger partial charge in [-0.05, 0) is 45.6 Å². The van der Waals surface area contributed by atoms with Crippen molar-refractivity contribution in [1.29, 1.82) is 0 Å². The van der Waals surface area contributed by atoms with Crippen molar-refractivity contribution in [2.45, 2.75) is 13.3 Å². The highest BCUT2D eigenvalue weighted by molar-refractivity contribution is 5.77. The lowest BCUT2D eigenvalue weighted by molar-refractivity contribution is -0.123. The highest BCUT2D eigenvalue weighted by atomic mass is 16.5. The molecule has 1 aromatic carbocycles. The first-order valence-corrected chi connectivity index (χ1v) is 6.19. The SMILES string of the molecule is Cc1ccccc1OCC(=O)NCCCN(C)C. The quantitative estimate of drug-likeness (QED) is 0.745. The zero-order valence-corrected chi connectivity index (χ0v) is 11.4. The third-order valence-corrected chi connectivity index (χ3v) is 2.56. The third-order valence-electron chi connectivity index (χ3n) is 2.56.